The second kappa shape index (κ2) is 11.7. The van der Waals surface area contributed by atoms with Gasteiger partial charge in [-0.25, -0.2) is 4.39 Å². The summed E-state index contributed by atoms with van der Waals surface area (Å²) < 4.78 is 19.9. The van der Waals surface area contributed by atoms with E-state index < -0.39 is 24.2 Å². The van der Waals surface area contributed by atoms with Gasteiger partial charge in [-0.05, 0) is 59.5 Å². The Morgan fingerprint density at radius 3 is 2.11 bits per heavy atom. The normalized spacial score (nSPS) is 20.1. The summed E-state index contributed by atoms with van der Waals surface area (Å²) in [6.07, 6.45) is 2.36. The van der Waals surface area contributed by atoms with Gasteiger partial charge in [-0.3, -0.25) is 9.59 Å². The van der Waals surface area contributed by atoms with Gasteiger partial charge in [-0.2, -0.15) is 0 Å². The summed E-state index contributed by atoms with van der Waals surface area (Å²) in [5.74, 6) is -1.56. The topological polar surface area (TPSA) is 66.8 Å². The minimum absolute atomic E-state index is 0.0553. The van der Waals surface area contributed by atoms with Crippen molar-refractivity contribution in [2.45, 2.75) is 37.5 Å². The third-order valence-corrected chi connectivity index (χ3v) is 6.47. The lowest BCUT2D eigenvalue weighted by Gasteiger charge is -2.43. The van der Waals surface area contributed by atoms with Gasteiger partial charge in [0.1, 0.15) is 18.0 Å². The van der Waals surface area contributed by atoms with Gasteiger partial charge in [0, 0.05) is 29.1 Å². The zero-order valence-corrected chi connectivity index (χ0v) is 20.7. The molecule has 0 radical (unpaired) electrons. The van der Waals surface area contributed by atoms with Gasteiger partial charge in [-0.1, -0.05) is 65.7 Å². The molecular weight excluding hydrogens is 504 g/mol. The molecule has 0 bridgehead atoms. The maximum Gasteiger partial charge on any atom is 0.303 e. The van der Waals surface area contributed by atoms with Crippen LogP contribution in [0.25, 0.3) is 0 Å². The van der Waals surface area contributed by atoms with Crippen LogP contribution >= 0.6 is 23.2 Å². The number of allylic oxidation sites excluding steroid dienone is 1. The SMILES string of the molecule is O=C(O)CCC=CN1C(=O)[C@@H](Cc2ccc(F)cc2)O[C@H](c2ccc(Cl)cc2)[C@@H]1c1ccc(Cl)cc1. The third-order valence-electron chi connectivity index (χ3n) is 5.96. The van der Waals surface area contributed by atoms with Gasteiger partial charge in [-0.15, -0.1) is 0 Å². The fraction of sp³-hybridized carbons (Fsp3) is 0.214. The molecule has 1 fully saturated rings. The summed E-state index contributed by atoms with van der Waals surface area (Å²) in [5, 5.41) is 10.1. The Morgan fingerprint density at radius 1 is 0.944 bits per heavy atom. The van der Waals surface area contributed by atoms with E-state index in [1.54, 1.807) is 53.6 Å². The van der Waals surface area contributed by atoms with E-state index in [4.69, 9.17) is 33.0 Å². The van der Waals surface area contributed by atoms with Crippen LogP contribution in [0.3, 0.4) is 0 Å². The molecule has 3 aromatic carbocycles. The number of aliphatic carboxylic acids is 1. The first kappa shape index (κ1) is 25.9. The van der Waals surface area contributed by atoms with Crippen LogP contribution in [-0.2, 0) is 20.7 Å². The number of morpholine rings is 1. The fourth-order valence-electron chi connectivity index (χ4n) is 4.20. The van der Waals surface area contributed by atoms with Crippen LogP contribution in [0.5, 0.6) is 0 Å². The zero-order chi connectivity index (χ0) is 25.7. The Kier molecular flexibility index (Phi) is 8.41. The van der Waals surface area contributed by atoms with E-state index in [0.29, 0.717) is 10.0 Å². The average Bonchev–Trinajstić information content (AvgIpc) is 2.86. The standard InChI is InChI=1S/C28H24Cl2FNO4/c29-21-10-6-19(7-11-21)26-27(20-8-12-22(30)13-9-20)36-24(17-18-4-14-23(31)15-5-18)28(35)32(26)16-2-1-3-25(33)34/h2,4-16,24,26-27H,1,3,17H2,(H,33,34)/t24-,26+,27-/m1/s1. The Bertz CT molecular complexity index is 1230. The lowest BCUT2D eigenvalue weighted by atomic mass is 9.91. The first-order valence-electron chi connectivity index (χ1n) is 11.4. The van der Waals surface area contributed by atoms with Crippen LogP contribution in [0.15, 0.2) is 85.1 Å². The molecule has 0 unspecified atom stereocenters. The average molecular weight is 528 g/mol. The summed E-state index contributed by atoms with van der Waals surface area (Å²) in [7, 11) is 0. The van der Waals surface area contributed by atoms with Crippen LogP contribution in [0.1, 0.15) is 41.7 Å². The summed E-state index contributed by atoms with van der Waals surface area (Å²) >= 11 is 12.2. The summed E-state index contributed by atoms with van der Waals surface area (Å²) in [4.78, 5) is 26.3. The molecule has 1 aliphatic heterocycles. The minimum Gasteiger partial charge on any atom is -0.481 e. The molecule has 186 valence electrons. The number of ether oxygens (including phenoxy) is 1. The van der Waals surface area contributed by atoms with Crippen molar-refractivity contribution in [2.75, 3.05) is 0 Å². The molecule has 5 nitrogen and oxygen atoms in total. The highest BCUT2D eigenvalue weighted by Crippen LogP contribution is 2.43. The maximum absolute atomic E-state index is 13.7. The van der Waals surface area contributed by atoms with Crippen LogP contribution < -0.4 is 0 Å². The maximum atomic E-state index is 13.7. The molecule has 0 spiro atoms. The lowest BCUT2D eigenvalue weighted by molar-refractivity contribution is -0.168. The molecule has 3 atom stereocenters. The van der Waals surface area contributed by atoms with Crippen LogP contribution in [0.2, 0.25) is 10.0 Å². The molecule has 0 saturated carbocycles. The van der Waals surface area contributed by atoms with Crippen molar-refractivity contribution < 1.29 is 23.8 Å². The monoisotopic (exact) mass is 527 g/mol. The van der Waals surface area contributed by atoms with Crippen LogP contribution in [-0.4, -0.2) is 28.0 Å². The second-order valence-electron chi connectivity index (χ2n) is 8.49. The van der Waals surface area contributed by atoms with Crippen molar-refractivity contribution in [3.8, 4) is 0 Å². The van der Waals surface area contributed by atoms with E-state index in [-0.39, 0.29) is 31.0 Å². The number of rotatable bonds is 8. The van der Waals surface area contributed by atoms with Crippen molar-refractivity contribution in [3.63, 3.8) is 0 Å². The largest absolute Gasteiger partial charge is 0.481 e. The van der Waals surface area contributed by atoms with Gasteiger partial charge in [0.15, 0.2) is 0 Å². The van der Waals surface area contributed by atoms with E-state index in [9.17, 15) is 14.0 Å². The van der Waals surface area contributed by atoms with Gasteiger partial charge < -0.3 is 14.7 Å². The number of carboxylic acids is 1. The Labute approximate surface area is 218 Å². The Hall–Kier alpha value is -3.19. The quantitative estimate of drug-likeness (QED) is 0.351. The number of hydrogen-bond acceptors (Lipinski definition) is 3. The van der Waals surface area contributed by atoms with Crippen molar-refractivity contribution in [1.29, 1.82) is 0 Å². The fourth-order valence-corrected chi connectivity index (χ4v) is 4.45. The first-order chi connectivity index (χ1) is 17.3. The Balaban J connectivity index is 1.75. The highest BCUT2D eigenvalue weighted by atomic mass is 35.5. The predicted molar refractivity (Wildman–Crippen MR) is 136 cm³/mol. The second-order valence-corrected chi connectivity index (χ2v) is 9.36. The molecule has 1 N–H and O–H groups in total. The van der Waals surface area contributed by atoms with Crippen molar-refractivity contribution >= 4 is 35.1 Å². The highest BCUT2D eigenvalue weighted by Gasteiger charge is 2.43. The van der Waals surface area contributed by atoms with Crippen LogP contribution in [0, 0.1) is 5.82 Å². The molecular formula is C28H24Cl2FNO4. The molecule has 36 heavy (non-hydrogen) atoms. The summed E-state index contributed by atoms with van der Waals surface area (Å²) in [6.45, 7) is 0. The first-order valence-corrected chi connectivity index (χ1v) is 12.2. The van der Waals surface area contributed by atoms with Crippen molar-refractivity contribution in [1.82, 2.24) is 4.90 Å². The molecule has 8 heteroatoms. The number of carbonyl (C=O) groups is 2. The van der Waals surface area contributed by atoms with E-state index >= 15 is 0 Å². The zero-order valence-electron chi connectivity index (χ0n) is 19.2. The molecule has 0 aliphatic carbocycles. The number of halogens is 3. The van der Waals surface area contributed by atoms with E-state index in [0.717, 1.165) is 16.7 Å². The van der Waals surface area contributed by atoms with E-state index in [1.807, 2.05) is 24.3 Å². The predicted octanol–water partition coefficient (Wildman–Crippen LogP) is 6.76. The highest BCUT2D eigenvalue weighted by molar-refractivity contribution is 6.30. The molecule has 3 aromatic rings. The van der Waals surface area contributed by atoms with E-state index in [1.165, 1.54) is 12.1 Å². The summed E-state index contributed by atoms with van der Waals surface area (Å²) in [6, 6.07) is 19.8. The lowest BCUT2D eigenvalue weighted by Crippen LogP contribution is -2.49. The number of benzene rings is 3. The number of carboxylic acid groups (broad SMARTS) is 1. The van der Waals surface area contributed by atoms with Gasteiger partial charge in [0.05, 0.1) is 6.04 Å². The number of amides is 1. The molecule has 1 heterocycles. The van der Waals surface area contributed by atoms with Crippen molar-refractivity contribution in [3.05, 3.63) is 118 Å². The summed E-state index contributed by atoms with van der Waals surface area (Å²) in [5.41, 5.74) is 2.38. The minimum atomic E-state index is -0.921. The van der Waals surface area contributed by atoms with Gasteiger partial charge in [0.25, 0.3) is 5.91 Å². The number of nitrogens with zero attached hydrogens (tertiary/aromatic N) is 1. The molecule has 1 amide bonds. The number of carbonyl (C=O) groups excluding carboxylic acids is 1. The van der Waals surface area contributed by atoms with Crippen LogP contribution in [0.4, 0.5) is 4.39 Å². The van der Waals surface area contributed by atoms with E-state index in [2.05, 4.69) is 0 Å². The van der Waals surface area contributed by atoms with Crippen molar-refractivity contribution in [2.24, 2.45) is 0 Å². The third kappa shape index (κ3) is 6.32. The molecule has 0 aromatic heterocycles. The van der Waals surface area contributed by atoms with Gasteiger partial charge in [0.2, 0.25) is 0 Å². The molecule has 4 rings (SSSR count). The smallest absolute Gasteiger partial charge is 0.303 e. The van der Waals surface area contributed by atoms with Gasteiger partial charge >= 0.3 is 5.97 Å². The Morgan fingerprint density at radius 2 is 1.53 bits per heavy atom. The number of hydrogen-bond donors (Lipinski definition) is 1. The molecule has 1 saturated heterocycles. The molecule has 1 aliphatic rings.